The summed E-state index contributed by atoms with van der Waals surface area (Å²) >= 11 is 1.73. The van der Waals surface area contributed by atoms with E-state index in [0.29, 0.717) is 18.5 Å². The van der Waals surface area contributed by atoms with E-state index in [2.05, 4.69) is 13.0 Å². The van der Waals surface area contributed by atoms with E-state index in [4.69, 9.17) is 5.73 Å². The van der Waals surface area contributed by atoms with Crippen molar-refractivity contribution in [3.8, 4) is 0 Å². The van der Waals surface area contributed by atoms with Gasteiger partial charge in [0.15, 0.2) is 0 Å². The lowest BCUT2D eigenvalue weighted by Crippen LogP contribution is -2.33. The smallest absolute Gasteiger partial charge is 0.264 e. The number of thiophene rings is 1. The van der Waals surface area contributed by atoms with E-state index in [-0.39, 0.29) is 18.3 Å². The molecule has 0 bridgehead atoms. The van der Waals surface area contributed by atoms with Gasteiger partial charge in [-0.1, -0.05) is 6.42 Å². The van der Waals surface area contributed by atoms with E-state index in [1.165, 1.54) is 29.7 Å². The SMILES string of the molecule is CC1CC(CN)CN1C(=O)c1cc2c(s1)CCCCC2.Cl. The topological polar surface area (TPSA) is 46.3 Å². The van der Waals surface area contributed by atoms with Crippen LogP contribution in [0.15, 0.2) is 6.07 Å². The Morgan fingerprint density at radius 1 is 1.38 bits per heavy atom. The van der Waals surface area contributed by atoms with E-state index < -0.39 is 0 Å². The van der Waals surface area contributed by atoms with Gasteiger partial charge in [0.25, 0.3) is 5.91 Å². The molecule has 0 radical (unpaired) electrons. The molecule has 5 heteroatoms. The summed E-state index contributed by atoms with van der Waals surface area (Å²) in [4.78, 5) is 17.1. The molecule has 1 saturated heterocycles. The molecule has 1 amide bonds. The molecule has 1 aliphatic carbocycles. The molecule has 2 heterocycles. The maximum Gasteiger partial charge on any atom is 0.264 e. The zero-order valence-corrected chi connectivity index (χ0v) is 14.3. The number of carbonyl (C=O) groups is 1. The molecule has 0 spiro atoms. The lowest BCUT2D eigenvalue weighted by molar-refractivity contribution is 0.0748. The van der Waals surface area contributed by atoms with Crippen LogP contribution in [0, 0.1) is 5.92 Å². The largest absolute Gasteiger partial charge is 0.335 e. The van der Waals surface area contributed by atoms with Gasteiger partial charge < -0.3 is 10.6 Å². The highest BCUT2D eigenvalue weighted by molar-refractivity contribution is 7.14. The summed E-state index contributed by atoms with van der Waals surface area (Å²) in [6.07, 6.45) is 7.23. The highest BCUT2D eigenvalue weighted by Gasteiger charge is 2.33. The van der Waals surface area contributed by atoms with Gasteiger partial charge in [-0.3, -0.25) is 4.79 Å². The number of nitrogens with two attached hydrogens (primary N) is 1. The van der Waals surface area contributed by atoms with E-state index in [0.717, 1.165) is 30.7 Å². The van der Waals surface area contributed by atoms with Gasteiger partial charge in [0.2, 0.25) is 0 Å². The number of aryl methyl sites for hydroxylation is 2. The monoisotopic (exact) mass is 328 g/mol. The summed E-state index contributed by atoms with van der Waals surface area (Å²) in [5.74, 6) is 0.707. The Balaban J connectivity index is 0.00000161. The van der Waals surface area contributed by atoms with Gasteiger partial charge >= 0.3 is 0 Å². The van der Waals surface area contributed by atoms with Crippen LogP contribution in [-0.2, 0) is 12.8 Å². The quantitative estimate of drug-likeness (QED) is 0.847. The van der Waals surface area contributed by atoms with Crippen LogP contribution in [0.4, 0.5) is 0 Å². The van der Waals surface area contributed by atoms with Crippen molar-refractivity contribution in [2.45, 2.75) is 51.5 Å². The first-order valence-corrected chi connectivity index (χ1v) is 8.63. The van der Waals surface area contributed by atoms with E-state index in [9.17, 15) is 4.79 Å². The van der Waals surface area contributed by atoms with Crippen LogP contribution in [0.5, 0.6) is 0 Å². The number of rotatable bonds is 2. The van der Waals surface area contributed by atoms with Crippen molar-refractivity contribution < 1.29 is 4.79 Å². The van der Waals surface area contributed by atoms with Crippen LogP contribution in [0.2, 0.25) is 0 Å². The molecule has 2 unspecified atom stereocenters. The Labute approximate surface area is 137 Å². The molecule has 21 heavy (non-hydrogen) atoms. The second-order valence-electron chi connectivity index (χ2n) is 6.26. The molecule has 0 aromatic carbocycles. The summed E-state index contributed by atoms with van der Waals surface area (Å²) in [7, 11) is 0. The number of amides is 1. The lowest BCUT2D eigenvalue weighted by Gasteiger charge is -2.20. The number of fused-ring (bicyclic) bond motifs is 1. The summed E-state index contributed by atoms with van der Waals surface area (Å²) < 4.78 is 0. The first kappa shape index (κ1) is 16.8. The molecule has 2 N–H and O–H groups in total. The average Bonchev–Trinajstić information content (AvgIpc) is 2.96. The van der Waals surface area contributed by atoms with Gasteiger partial charge in [-0.2, -0.15) is 0 Å². The van der Waals surface area contributed by atoms with E-state index in [1.54, 1.807) is 11.3 Å². The van der Waals surface area contributed by atoms with Crippen LogP contribution in [0.25, 0.3) is 0 Å². The maximum absolute atomic E-state index is 12.7. The Bertz CT molecular complexity index is 479. The van der Waals surface area contributed by atoms with Crippen molar-refractivity contribution in [2.24, 2.45) is 11.7 Å². The maximum atomic E-state index is 12.7. The number of hydrogen-bond donors (Lipinski definition) is 1. The molecule has 2 aliphatic rings. The van der Waals surface area contributed by atoms with Crippen molar-refractivity contribution in [3.63, 3.8) is 0 Å². The van der Waals surface area contributed by atoms with Crippen molar-refractivity contribution in [1.82, 2.24) is 4.90 Å². The third-order valence-corrected chi connectivity index (χ3v) is 5.94. The van der Waals surface area contributed by atoms with Crippen molar-refractivity contribution >= 4 is 29.7 Å². The van der Waals surface area contributed by atoms with E-state index in [1.807, 2.05) is 4.90 Å². The molecule has 0 saturated carbocycles. The number of hydrogen-bond acceptors (Lipinski definition) is 3. The van der Waals surface area contributed by atoms with Crippen LogP contribution in [0.1, 0.15) is 52.7 Å². The number of likely N-dealkylation sites (tertiary alicyclic amines) is 1. The minimum Gasteiger partial charge on any atom is -0.335 e. The molecule has 3 rings (SSSR count). The fraction of sp³-hybridized carbons (Fsp3) is 0.688. The number of nitrogens with zero attached hydrogens (tertiary/aromatic N) is 1. The standard InChI is InChI=1S/C16H24N2OS.ClH/c1-11-7-12(9-17)10-18(11)16(19)15-8-13-5-3-2-4-6-14(13)20-15;/h8,11-12H,2-7,9-10,17H2,1H3;1H. The van der Waals surface area contributed by atoms with Gasteiger partial charge in [-0.25, -0.2) is 0 Å². The summed E-state index contributed by atoms with van der Waals surface area (Å²) in [5.41, 5.74) is 7.19. The Morgan fingerprint density at radius 3 is 2.86 bits per heavy atom. The molecule has 3 nitrogen and oxygen atoms in total. The summed E-state index contributed by atoms with van der Waals surface area (Å²) in [6, 6.07) is 2.49. The number of halogens is 1. The first-order chi connectivity index (χ1) is 9.69. The van der Waals surface area contributed by atoms with Crippen molar-refractivity contribution in [3.05, 3.63) is 21.4 Å². The Morgan fingerprint density at radius 2 is 2.14 bits per heavy atom. The molecular weight excluding hydrogens is 304 g/mol. The third-order valence-electron chi connectivity index (χ3n) is 4.71. The fourth-order valence-electron chi connectivity index (χ4n) is 3.51. The molecule has 1 aromatic heterocycles. The van der Waals surface area contributed by atoms with Gasteiger partial charge in [0.05, 0.1) is 4.88 Å². The fourth-order valence-corrected chi connectivity index (χ4v) is 4.72. The normalized spacial score (nSPS) is 25.1. The van der Waals surface area contributed by atoms with Crippen LogP contribution in [-0.4, -0.2) is 29.9 Å². The predicted molar refractivity (Wildman–Crippen MR) is 90.5 cm³/mol. The Kier molecular flexibility index (Phi) is 5.69. The Hall–Kier alpha value is -0.580. The first-order valence-electron chi connectivity index (χ1n) is 7.81. The van der Waals surface area contributed by atoms with Gasteiger partial charge in [-0.05, 0) is 63.1 Å². The van der Waals surface area contributed by atoms with Crippen LogP contribution in [0.3, 0.4) is 0 Å². The zero-order chi connectivity index (χ0) is 14.1. The van der Waals surface area contributed by atoms with Crippen molar-refractivity contribution in [1.29, 1.82) is 0 Å². The van der Waals surface area contributed by atoms with Gasteiger partial charge in [0.1, 0.15) is 0 Å². The second-order valence-corrected chi connectivity index (χ2v) is 7.40. The van der Waals surface area contributed by atoms with Crippen molar-refractivity contribution in [2.75, 3.05) is 13.1 Å². The zero-order valence-electron chi connectivity index (χ0n) is 12.6. The molecule has 1 aliphatic heterocycles. The third kappa shape index (κ3) is 3.43. The molecule has 2 atom stereocenters. The molecule has 118 valence electrons. The molecule has 1 aromatic rings. The highest BCUT2D eigenvalue weighted by Crippen LogP contribution is 2.32. The average molecular weight is 329 g/mol. The van der Waals surface area contributed by atoms with E-state index >= 15 is 0 Å². The summed E-state index contributed by atoms with van der Waals surface area (Å²) in [5, 5.41) is 0. The molecule has 1 fully saturated rings. The van der Waals surface area contributed by atoms with Gasteiger partial charge in [0, 0.05) is 17.5 Å². The van der Waals surface area contributed by atoms with Crippen LogP contribution >= 0.6 is 23.7 Å². The second kappa shape index (κ2) is 7.12. The predicted octanol–water partition coefficient (Wildman–Crippen LogP) is 3.25. The van der Waals surface area contributed by atoms with Gasteiger partial charge in [-0.15, -0.1) is 23.7 Å². The minimum absolute atomic E-state index is 0. The molecular formula is C16H25ClN2OS. The minimum atomic E-state index is 0. The summed E-state index contributed by atoms with van der Waals surface area (Å²) in [6.45, 7) is 3.67. The van der Waals surface area contributed by atoms with Crippen LogP contribution < -0.4 is 5.73 Å². The lowest BCUT2D eigenvalue weighted by atomic mass is 10.1. The number of carbonyl (C=O) groups excluding carboxylic acids is 1. The highest BCUT2D eigenvalue weighted by atomic mass is 35.5.